The maximum absolute atomic E-state index is 11.7. The van der Waals surface area contributed by atoms with Crippen molar-refractivity contribution >= 4 is 50.8 Å². The van der Waals surface area contributed by atoms with Gasteiger partial charge in [0.2, 0.25) is 0 Å². The number of rotatable bonds is 6. The van der Waals surface area contributed by atoms with Gasteiger partial charge in [0.25, 0.3) is 0 Å². The Hall–Kier alpha value is -3.46. The maximum atomic E-state index is 11.7. The Morgan fingerprint density at radius 2 is 1.97 bits per heavy atom. The molecular formula is C23H24ClN7O2. The van der Waals surface area contributed by atoms with Crippen LogP contribution in [0.4, 0.5) is 11.6 Å². The highest BCUT2D eigenvalue weighted by Crippen LogP contribution is 2.34. The first-order chi connectivity index (χ1) is 16.1. The van der Waals surface area contributed by atoms with E-state index in [-0.39, 0.29) is 5.78 Å². The number of halogens is 1. The van der Waals surface area contributed by atoms with E-state index < -0.39 is 0 Å². The SMILES string of the molecule is CCn1ncc2c3c(NCc4ccc(OC)c(Cl)c4)nnc(N4CCC(=O)CC4)c3cnc21. The largest absolute Gasteiger partial charge is 0.495 e. The van der Waals surface area contributed by atoms with Gasteiger partial charge in [-0.3, -0.25) is 4.79 Å². The fraction of sp³-hybridized carbons (Fsp3) is 0.348. The summed E-state index contributed by atoms with van der Waals surface area (Å²) >= 11 is 6.29. The van der Waals surface area contributed by atoms with E-state index >= 15 is 0 Å². The fourth-order valence-corrected chi connectivity index (χ4v) is 4.50. The number of fused-ring (bicyclic) bond motifs is 3. The smallest absolute Gasteiger partial charge is 0.160 e. The predicted molar refractivity (Wildman–Crippen MR) is 128 cm³/mol. The molecule has 1 N–H and O–H groups in total. The number of aryl methyl sites for hydroxylation is 1. The quantitative estimate of drug-likeness (QED) is 0.458. The van der Waals surface area contributed by atoms with Crippen LogP contribution in [0.2, 0.25) is 5.02 Å². The molecule has 0 unspecified atom stereocenters. The molecule has 33 heavy (non-hydrogen) atoms. The van der Waals surface area contributed by atoms with E-state index in [4.69, 9.17) is 16.3 Å². The topological polar surface area (TPSA) is 98.1 Å². The summed E-state index contributed by atoms with van der Waals surface area (Å²) in [4.78, 5) is 18.5. The first kappa shape index (κ1) is 21.4. The number of hydrogen-bond donors (Lipinski definition) is 1. The average Bonchev–Trinajstić information content (AvgIpc) is 3.26. The minimum atomic E-state index is 0.282. The average molecular weight is 466 g/mol. The first-order valence-corrected chi connectivity index (χ1v) is 11.3. The van der Waals surface area contributed by atoms with E-state index in [1.807, 2.05) is 42.2 Å². The molecule has 1 aliphatic rings. The summed E-state index contributed by atoms with van der Waals surface area (Å²) in [5.41, 5.74) is 1.79. The van der Waals surface area contributed by atoms with E-state index in [2.05, 4.69) is 30.5 Å². The number of pyridine rings is 1. The Balaban J connectivity index is 1.57. The molecule has 0 atom stereocenters. The van der Waals surface area contributed by atoms with E-state index in [0.29, 0.717) is 55.6 Å². The number of ketones is 1. The summed E-state index contributed by atoms with van der Waals surface area (Å²) in [6.07, 6.45) is 4.70. The normalized spacial score (nSPS) is 14.3. The molecule has 0 radical (unpaired) electrons. The molecular weight excluding hydrogens is 442 g/mol. The fourth-order valence-electron chi connectivity index (χ4n) is 4.21. The third-order valence-corrected chi connectivity index (χ3v) is 6.28. The number of nitrogens with zero attached hydrogens (tertiary/aromatic N) is 6. The highest BCUT2D eigenvalue weighted by molar-refractivity contribution is 6.32. The van der Waals surface area contributed by atoms with Gasteiger partial charge in [0.05, 0.1) is 23.7 Å². The number of anilines is 2. The molecule has 1 saturated heterocycles. The summed E-state index contributed by atoms with van der Waals surface area (Å²) in [7, 11) is 1.59. The maximum Gasteiger partial charge on any atom is 0.160 e. The number of hydrogen-bond acceptors (Lipinski definition) is 8. The first-order valence-electron chi connectivity index (χ1n) is 10.9. The molecule has 170 valence electrons. The van der Waals surface area contributed by atoms with Crippen molar-refractivity contribution in [2.75, 3.05) is 30.4 Å². The van der Waals surface area contributed by atoms with Crippen LogP contribution in [0.25, 0.3) is 21.8 Å². The molecule has 4 aromatic rings. The van der Waals surface area contributed by atoms with E-state index in [1.165, 1.54) is 0 Å². The standard InChI is InChI=1S/C23H24ClN7O2/c1-3-31-22-17(13-27-31)20-16(12-26-22)23(30-8-6-15(32)7-9-30)29-28-21(20)25-11-14-4-5-19(33-2)18(24)10-14/h4-5,10,12-13H,3,6-9,11H2,1-2H3,(H,25,28). The minimum absolute atomic E-state index is 0.282. The molecule has 0 amide bonds. The number of carbonyl (C=O) groups is 1. The number of carbonyl (C=O) groups excluding carboxylic acids is 1. The van der Waals surface area contributed by atoms with Crippen molar-refractivity contribution in [2.45, 2.75) is 32.9 Å². The summed E-state index contributed by atoms with van der Waals surface area (Å²) in [6.45, 7) is 4.52. The van der Waals surface area contributed by atoms with Gasteiger partial charge in [0, 0.05) is 56.0 Å². The van der Waals surface area contributed by atoms with Crippen molar-refractivity contribution in [1.82, 2.24) is 25.0 Å². The van der Waals surface area contributed by atoms with Crippen molar-refractivity contribution in [2.24, 2.45) is 0 Å². The van der Waals surface area contributed by atoms with Gasteiger partial charge in [-0.25, -0.2) is 9.67 Å². The molecule has 4 heterocycles. The van der Waals surface area contributed by atoms with Crippen LogP contribution < -0.4 is 15.0 Å². The van der Waals surface area contributed by atoms with Crippen molar-refractivity contribution in [1.29, 1.82) is 0 Å². The highest BCUT2D eigenvalue weighted by atomic mass is 35.5. The van der Waals surface area contributed by atoms with Crippen LogP contribution in [0.15, 0.2) is 30.6 Å². The van der Waals surface area contributed by atoms with Crippen molar-refractivity contribution in [3.63, 3.8) is 0 Å². The van der Waals surface area contributed by atoms with Crippen LogP contribution in [-0.4, -0.2) is 50.9 Å². The molecule has 9 nitrogen and oxygen atoms in total. The number of Topliss-reactive ketones (excluding diaryl/α,β-unsaturated/α-hetero) is 1. The summed E-state index contributed by atoms with van der Waals surface area (Å²) in [5.74, 6) is 2.31. The number of aromatic nitrogens is 5. The lowest BCUT2D eigenvalue weighted by atomic mass is 10.1. The predicted octanol–water partition coefficient (Wildman–Crippen LogP) is 3.84. The van der Waals surface area contributed by atoms with E-state index in [9.17, 15) is 4.79 Å². The zero-order valence-corrected chi connectivity index (χ0v) is 19.3. The van der Waals surface area contributed by atoms with Crippen LogP contribution >= 0.6 is 11.6 Å². The van der Waals surface area contributed by atoms with E-state index in [0.717, 1.165) is 33.2 Å². The van der Waals surface area contributed by atoms with Gasteiger partial charge >= 0.3 is 0 Å². The lowest BCUT2D eigenvalue weighted by Gasteiger charge is -2.27. The van der Waals surface area contributed by atoms with Crippen LogP contribution in [0.5, 0.6) is 5.75 Å². The van der Waals surface area contributed by atoms with Gasteiger partial charge in [0.1, 0.15) is 11.5 Å². The summed E-state index contributed by atoms with van der Waals surface area (Å²) in [5, 5.41) is 20.3. The molecule has 0 aliphatic carbocycles. The number of benzene rings is 1. The van der Waals surface area contributed by atoms with Crippen LogP contribution in [-0.2, 0) is 17.9 Å². The molecule has 3 aromatic heterocycles. The number of nitrogens with one attached hydrogen (secondary N) is 1. The Kier molecular flexibility index (Phi) is 5.72. The molecule has 5 rings (SSSR count). The third kappa shape index (κ3) is 3.93. The van der Waals surface area contributed by atoms with Crippen molar-refractivity contribution < 1.29 is 9.53 Å². The zero-order valence-electron chi connectivity index (χ0n) is 18.5. The zero-order chi connectivity index (χ0) is 22.9. The number of ether oxygens (including phenoxy) is 1. The molecule has 0 saturated carbocycles. The second kappa shape index (κ2) is 8.82. The second-order valence-corrected chi connectivity index (χ2v) is 8.37. The molecule has 0 bridgehead atoms. The van der Waals surface area contributed by atoms with Crippen molar-refractivity contribution in [3.05, 3.63) is 41.2 Å². The molecule has 10 heteroatoms. The Morgan fingerprint density at radius 1 is 1.15 bits per heavy atom. The van der Waals surface area contributed by atoms with Gasteiger partial charge in [-0.2, -0.15) is 5.10 Å². The lowest BCUT2D eigenvalue weighted by Crippen LogP contribution is -2.34. The lowest BCUT2D eigenvalue weighted by molar-refractivity contribution is -0.119. The number of methoxy groups -OCH3 is 1. The minimum Gasteiger partial charge on any atom is -0.495 e. The molecule has 1 aromatic carbocycles. The highest BCUT2D eigenvalue weighted by Gasteiger charge is 2.23. The Labute approximate surface area is 195 Å². The summed E-state index contributed by atoms with van der Waals surface area (Å²) in [6, 6.07) is 5.67. The number of piperidine rings is 1. The Morgan fingerprint density at radius 3 is 2.70 bits per heavy atom. The van der Waals surface area contributed by atoms with Crippen LogP contribution in [0, 0.1) is 0 Å². The molecule has 0 spiro atoms. The third-order valence-electron chi connectivity index (χ3n) is 5.99. The monoisotopic (exact) mass is 465 g/mol. The van der Waals surface area contributed by atoms with Crippen LogP contribution in [0.1, 0.15) is 25.3 Å². The van der Waals surface area contributed by atoms with Gasteiger partial charge in [-0.1, -0.05) is 17.7 Å². The van der Waals surface area contributed by atoms with E-state index in [1.54, 1.807) is 7.11 Å². The van der Waals surface area contributed by atoms with Gasteiger partial charge in [-0.05, 0) is 24.6 Å². The summed E-state index contributed by atoms with van der Waals surface area (Å²) < 4.78 is 7.10. The van der Waals surface area contributed by atoms with Gasteiger partial charge in [0.15, 0.2) is 17.3 Å². The van der Waals surface area contributed by atoms with Crippen LogP contribution in [0.3, 0.4) is 0 Å². The van der Waals surface area contributed by atoms with Crippen molar-refractivity contribution in [3.8, 4) is 5.75 Å². The Bertz CT molecular complexity index is 1340. The molecule has 1 aliphatic heterocycles. The second-order valence-electron chi connectivity index (χ2n) is 7.96. The van der Waals surface area contributed by atoms with Gasteiger partial charge in [-0.15, -0.1) is 10.2 Å². The molecule has 1 fully saturated rings. The van der Waals surface area contributed by atoms with Gasteiger partial charge < -0.3 is 15.0 Å².